The van der Waals surface area contributed by atoms with Crippen LogP contribution >= 0.6 is 0 Å². The molecule has 0 aromatic carbocycles. The lowest BCUT2D eigenvalue weighted by Crippen LogP contribution is -2.54. The molecule has 0 aromatic rings. The third-order valence-electron chi connectivity index (χ3n) is 3.36. The molecule has 2 aliphatic heterocycles. The molecular weight excluding hydrogens is 210 g/mol. The predicted octanol–water partition coefficient (Wildman–Crippen LogP) is -0.441. The van der Waals surface area contributed by atoms with Gasteiger partial charge in [0.15, 0.2) is 0 Å². The summed E-state index contributed by atoms with van der Waals surface area (Å²) in [6, 6.07) is 0.253. The van der Waals surface area contributed by atoms with Crippen LogP contribution in [0.15, 0.2) is 0 Å². The van der Waals surface area contributed by atoms with Crippen LogP contribution in [0, 0.1) is 0 Å². The molecule has 0 saturated carbocycles. The maximum atomic E-state index is 11.4. The van der Waals surface area contributed by atoms with Crippen LogP contribution in [-0.2, 0) is 4.79 Å². The topological polar surface area (TPSA) is 72.9 Å². The van der Waals surface area contributed by atoms with E-state index in [1.807, 2.05) is 11.8 Å². The van der Waals surface area contributed by atoms with Crippen LogP contribution in [0.5, 0.6) is 0 Å². The highest BCUT2D eigenvalue weighted by Gasteiger charge is 2.36. The van der Waals surface area contributed by atoms with E-state index >= 15 is 0 Å². The molecule has 2 amide bonds. The smallest absolute Gasteiger partial charge is 0.317 e. The summed E-state index contributed by atoms with van der Waals surface area (Å²) in [6.07, 6.45) is 0.161. The fourth-order valence-electron chi connectivity index (χ4n) is 2.41. The maximum Gasteiger partial charge on any atom is 0.317 e. The molecule has 16 heavy (non-hydrogen) atoms. The zero-order valence-corrected chi connectivity index (χ0v) is 9.35. The molecule has 2 saturated heterocycles. The first-order valence-corrected chi connectivity index (χ1v) is 5.58. The van der Waals surface area contributed by atoms with E-state index in [4.69, 9.17) is 5.11 Å². The molecule has 2 heterocycles. The molecule has 2 unspecified atom stereocenters. The van der Waals surface area contributed by atoms with Crippen molar-refractivity contribution in [1.82, 2.24) is 15.1 Å². The molecular formula is C10H17N3O3. The normalized spacial score (nSPS) is 27.4. The van der Waals surface area contributed by atoms with Crippen molar-refractivity contribution in [2.75, 3.05) is 26.2 Å². The number of carbonyl (C=O) groups excluding carboxylic acids is 1. The summed E-state index contributed by atoms with van der Waals surface area (Å²) in [5.41, 5.74) is 0. The Morgan fingerprint density at radius 3 is 3.06 bits per heavy atom. The third kappa shape index (κ3) is 2.11. The summed E-state index contributed by atoms with van der Waals surface area (Å²) in [5, 5.41) is 11.5. The quantitative estimate of drug-likeness (QED) is 0.685. The van der Waals surface area contributed by atoms with Crippen molar-refractivity contribution < 1.29 is 14.7 Å². The number of rotatable bonds is 3. The van der Waals surface area contributed by atoms with E-state index in [9.17, 15) is 9.59 Å². The summed E-state index contributed by atoms with van der Waals surface area (Å²) >= 11 is 0. The first-order valence-electron chi connectivity index (χ1n) is 5.58. The standard InChI is InChI=1S/C10H17N3O3/c1-7(4-9(14)15)12-2-3-13-8(6-12)5-11-10(13)16/h7-8H,2-6H2,1H3,(H,11,16)(H,14,15). The van der Waals surface area contributed by atoms with Gasteiger partial charge in [0, 0.05) is 32.2 Å². The first kappa shape index (κ1) is 11.2. The van der Waals surface area contributed by atoms with Crippen LogP contribution < -0.4 is 5.32 Å². The van der Waals surface area contributed by atoms with Crippen molar-refractivity contribution in [2.24, 2.45) is 0 Å². The summed E-state index contributed by atoms with van der Waals surface area (Å²) < 4.78 is 0. The molecule has 0 aromatic heterocycles. The lowest BCUT2D eigenvalue weighted by atomic mass is 10.1. The number of carboxylic acids is 1. The largest absolute Gasteiger partial charge is 0.481 e. The van der Waals surface area contributed by atoms with Gasteiger partial charge in [0.2, 0.25) is 0 Å². The van der Waals surface area contributed by atoms with Crippen molar-refractivity contribution in [1.29, 1.82) is 0 Å². The molecule has 90 valence electrons. The van der Waals surface area contributed by atoms with E-state index in [2.05, 4.69) is 10.2 Å². The molecule has 0 spiro atoms. The Balaban J connectivity index is 1.91. The number of amides is 2. The Hall–Kier alpha value is -1.30. The van der Waals surface area contributed by atoms with Crippen molar-refractivity contribution in [3.63, 3.8) is 0 Å². The predicted molar refractivity (Wildman–Crippen MR) is 57.2 cm³/mol. The molecule has 2 atom stereocenters. The van der Waals surface area contributed by atoms with Gasteiger partial charge in [0.05, 0.1) is 12.5 Å². The van der Waals surface area contributed by atoms with Gasteiger partial charge in [-0.05, 0) is 6.92 Å². The lowest BCUT2D eigenvalue weighted by Gasteiger charge is -2.39. The average Bonchev–Trinajstić information content (AvgIpc) is 2.59. The van der Waals surface area contributed by atoms with Crippen LogP contribution in [0.4, 0.5) is 4.79 Å². The van der Waals surface area contributed by atoms with Crippen LogP contribution in [0.1, 0.15) is 13.3 Å². The van der Waals surface area contributed by atoms with Gasteiger partial charge in [-0.15, -0.1) is 0 Å². The van der Waals surface area contributed by atoms with Gasteiger partial charge in [0.25, 0.3) is 0 Å². The molecule has 0 bridgehead atoms. The number of nitrogens with zero attached hydrogens (tertiary/aromatic N) is 2. The number of piperazine rings is 1. The number of hydrogen-bond acceptors (Lipinski definition) is 3. The van der Waals surface area contributed by atoms with Gasteiger partial charge in [-0.2, -0.15) is 0 Å². The number of urea groups is 1. The molecule has 0 aliphatic carbocycles. The second kappa shape index (κ2) is 4.29. The van der Waals surface area contributed by atoms with E-state index in [0.717, 1.165) is 13.1 Å². The molecule has 0 radical (unpaired) electrons. The van der Waals surface area contributed by atoms with Crippen LogP contribution in [0.2, 0.25) is 0 Å². The maximum absolute atomic E-state index is 11.4. The second-order valence-corrected chi connectivity index (χ2v) is 4.48. The van der Waals surface area contributed by atoms with E-state index in [0.29, 0.717) is 13.1 Å². The monoisotopic (exact) mass is 227 g/mol. The van der Waals surface area contributed by atoms with Crippen molar-refractivity contribution in [2.45, 2.75) is 25.4 Å². The number of carboxylic acid groups (broad SMARTS) is 1. The first-order chi connectivity index (χ1) is 7.58. The van der Waals surface area contributed by atoms with Crippen LogP contribution in [-0.4, -0.2) is 65.2 Å². The SMILES string of the molecule is CC(CC(=O)O)N1CCN2C(=O)NCC2C1. The molecule has 6 heteroatoms. The zero-order valence-electron chi connectivity index (χ0n) is 9.35. The molecule has 2 aliphatic rings. The van der Waals surface area contributed by atoms with Gasteiger partial charge in [-0.25, -0.2) is 4.79 Å². The highest BCUT2D eigenvalue weighted by molar-refractivity contribution is 5.77. The van der Waals surface area contributed by atoms with Crippen molar-refractivity contribution >= 4 is 12.0 Å². The van der Waals surface area contributed by atoms with Gasteiger partial charge in [0.1, 0.15) is 0 Å². The number of fused-ring (bicyclic) bond motifs is 1. The van der Waals surface area contributed by atoms with Gasteiger partial charge < -0.3 is 15.3 Å². The number of hydrogen-bond donors (Lipinski definition) is 2. The van der Waals surface area contributed by atoms with Crippen LogP contribution in [0.25, 0.3) is 0 Å². The van der Waals surface area contributed by atoms with Crippen molar-refractivity contribution in [3.8, 4) is 0 Å². The Bertz CT molecular complexity index is 308. The summed E-state index contributed by atoms with van der Waals surface area (Å²) in [5.74, 6) is -0.768. The average molecular weight is 227 g/mol. The minimum absolute atomic E-state index is 0.00976. The van der Waals surface area contributed by atoms with E-state index in [-0.39, 0.29) is 24.5 Å². The Kier molecular flexibility index (Phi) is 3.00. The van der Waals surface area contributed by atoms with Crippen molar-refractivity contribution in [3.05, 3.63) is 0 Å². The highest BCUT2D eigenvalue weighted by Crippen LogP contribution is 2.17. The van der Waals surface area contributed by atoms with Gasteiger partial charge in [-0.1, -0.05) is 0 Å². The Morgan fingerprint density at radius 2 is 2.38 bits per heavy atom. The number of carbonyl (C=O) groups is 2. The van der Waals surface area contributed by atoms with E-state index in [1.54, 1.807) is 0 Å². The third-order valence-corrected chi connectivity index (χ3v) is 3.36. The van der Waals surface area contributed by atoms with E-state index < -0.39 is 5.97 Å². The lowest BCUT2D eigenvalue weighted by molar-refractivity contribution is -0.138. The highest BCUT2D eigenvalue weighted by atomic mass is 16.4. The Morgan fingerprint density at radius 1 is 1.62 bits per heavy atom. The molecule has 6 nitrogen and oxygen atoms in total. The second-order valence-electron chi connectivity index (χ2n) is 4.48. The molecule has 2 rings (SSSR count). The zero-order chi connectivity index (χ0) is 11.7. The van der Waals surface area contributed by atoms with Gasteiger partial charge in [-0.3, -0.25) is 9.69 Å². The summed E-state index contributed by atoms with van der Waals surface area (Å²) in [7, 11) is 0. The summed E-state index contributed by atoms with van der Waals surface area (Å²) in [6.45, 7) is 4.83. The summed E-state index contributed by atoms with van der Waals surface area (Å²) in [4.78, 5) is 26.0. The minimum Gasteiger partial charge on any atom is -0.481 e. The Labute approximate surface area is 94.2 Å². The van der Waals surface area contributed by atoms with Gasteiger partial charge >= 0.3 is 12.0 Å². The molecule has 2 N–H and O–H groups in total. The number of nitrogens with one attached hydrogen (secondary N) is 1. The fraction of sp³-hybridized carbons (Fsp3) is 0.800. The minimum atomic E-state index is -0.768. The van der Waals surface area contributed by atoms with E-state index in [1.165, 1.54) is 0 Å². The fourth-order valence-corrected chi connectivity index (χ4v) is 2.41. The number of aliphatic carboxylic acids is 1. The molecule has 2 fully saturated rings. The van der Waals surface area contributed by atoms with Crippen LogP contribution in [0.3, 0.4) is 0 Å².